The molecule has 0 radical (unpaired) electrons. The Hall–Kier alpha value is -2.24. The molecule has 0 spiro atoms. The molecule has 2 N–H and O–H groups in total. The number of nitrogens with one attached hydrogen (secondary N) is 1. The first-order chi connectivity index (χ1) is 9.85. The van der Waals surface area contributed by atoms with Gasteiger partial charge < -0.3 is 19.9 Å². The van der Waals surface area contributed by atoms with Crippen LogP contribution in [0.1, 0.15) is 19.4 Å². The van der Waals surface area contributed by atoms with E-state index in [9.17, 15) is 9.59 Å². The van der Waals surface area contributed by atoms with Crippen LogP contribution in [0.5, 0.6) is 11.5 Å². The Morgan fingerprint density at radius 2 is 2.00 bits per heavy atom. The Bertz CT molecular complexity index is 513. The number of carboxylic acid groups (broad SMARTS) is 1. The highest BCUT2D eigenvalue weighted by atomic mass is 16.5. The number of carbonyl (C=O) groups excluding carboxylic acids is 1. The van der Waals surface area contributed by atoms with Crippen molar-refractivity contribution >= 4 is 11.9 Å². The highest BCUT2D eigenvalue weighted by molar-refractivity contribution is 5.84. The van der Waals surface area contributed by atoms with Crippen LogP contribution in [0.4, 0.5) is 0 Å². The van der Waals surface area contributed by atoms with Gasteiger partial charge in [-0.25, -0.2) is 4.79 Å². The van der Waals surface area contributed by atoms with Crippen LogP contribution in [-0.2, 0) is 9.59 Å². The second-order valence-corrected chi connectivity index (χ2v) is 5.05. The summed E-state index contributed by atoms with van der Waals surface area (Å²) in [6.07, 6.45) is 0. The largest absolute Gasteiger partial charge is 0.496 e. The van der Waals surface area contributed by atoms with Gasteiger partial charge in [-0.15, -0.1) is 0 Å². The van der Waals surface area contributed by atoms with Gasteiger partial charge in [-0.1, -0.05) is 13.8 Å². The molecular formula is C15H21NO5. The molecule has 0 heterocycles. The molecule has 1 aromatic rings. The van der Waals surface area contributed by atoms with Crippen molar-refractivity contribution in [3.8, 4) is 11.5 Å². The molecule has 6 nitrogen and oxygen atoms in total. The summed E-state index contributed by atoms with van der Waals surface area (Å²) in [7, 11) is 1.58. The van der Waals surface area contributed by atoms with E-state index < -0.39 is 17.9 Å². The zero-order valence-electron chi connectivity index (χ0n) is 12.7. The first-order valence-corrected chi connectivity index (χ1v) is 6.64. The SMILES string of the molecule is COc1ccc(OCC(=O)NC(C(=O)O)C(C)C)cc1C. The van der Waals surface area contributed by atoms with Gasteiger partial charge in [0.1, 0.15) is 17.5 Å². The lowest BCUT2D eigenvalue weighted by atomic mass is 10.1. The third-order valence-corrected chi connectivity index (χ3v) is 2.99. The third-order valence-electron chi connectivity index (χ3n) is 2.99. The van der Waals surface area contributed by atoms with Gasteiger partial charge in [-0.3, -0.25) is 4.79 Å². The average Bonchev–Trinajstić information content (AvgIpc) is 2.42. The fourth-order valence-electron chi connectivity index (χ4n) is 1.82. The van der Waals surface area contributed by atoms with E-state index in [1.54, 1.807) is 39.2 Å². The van der Waals surface area contributed by atoms with Crippen molar-refractivity contribution in [2.45, 2.75) is 26.8 Å². The van der Waals surface area contributed by atoms with E-state index in [0.717, 1.165) is 11.3 Å². The second-order valence-electron chi connectivity index (χ2n) is 5.05. The molecule has 0 aliphatic carbocycles. The number of carboxylic acids is 1. The van der Waals surface area contributed by atoms with Gasteiger partial charge in [0, 0.05) is 0 Å². The minimum absolute atomic E-state index is 0.199. The molecule has 1 rings (SSSR count). The Morgan fingerprint density at radius 1 is 1.33 bits per heavy atom. The van der Waals surface area contributed by atoms with E-state index in [1.165, 1.54) is 0 Å². The van der Waals surface area contributed by atoms with E-state index in [-0.39, 0.29) is 12.5 Å². The predicted octanol–water partition coefficient (Wildman–Crippen LogP) is 1.61. The lowest BCUT2D eigenvalue weighted by Crippen LogP contribution is -2.46. The van der Waals surface area contributed by atoms with Crippen molar-refractivity contribution in [1.29, 1.82) is 0 Å². The molecule has 0 aromatic heterocycles. The Morgan fingerprint density at radius 3 is 2.48 bits per heavy atom. The molecule has 0 saturated carbocycles. The maximum absolute atomic E-state index is 11.7. The van der Waals surface area contributed by atoms with Gasteiger partial charge in [-0.2, -0.15) is 0 Å². The minimum atomic E-state index is -1.06. The van der Waals surface area contributed by atoms with Crippen LogP contribution in [0.3, 0.4) is 0 Å². The van der Waals surface area contributed by atoms with Gasteiger partial charge in [-0.05, 0) is 36.6 Å². The van der Waals surface area contributed by atoms with E-state index in [1.807, 2.05) is 6.92 Å². The van der Waals surface area contributed by atoms with Gasteiger partial charge in [0.25, 0.3) is 5.91 Å². The first-order valence-electron chi connectivity index (χ1n) is 6.64. The molecule has 0 saturated heterocycles. The molecule has 0 fully saturated rings. The molecule has 1 aromatic carbocycles. The number of amides is 1. The summed E-state index contributed by atoms with van der Waals surface area (Å²) >= 11 is 0. The van der Waals surface area contributed by atoms with Gasteiger partial charge in [0.05, 0.1) is 7.11 Å². The summed E-state index contributed by atoms with van der Waals surface area (Å²) in [5.41, 5.74) is 0.890. The number of ether oxygens (including phenoxy) is 2. The Labute approximate surface area is 124 Å². The van der Waals surface area contributed by atoms with E-state index >= 15 is 0 Å². The molecular weight excluding hydrogens is 274 g/mol. The standard InChI is InChI=1S/C15H21NO5/c1-9(2)14(15(18)19)16-13(17)8-21-11-5-6-12(20-4)10(3)7-11/h5-7,9,14H,8H2,1-4H3,(H,16,17)(H,18,19). The average molecular weight is 295 g/mol. The van der Waals surface area contributed by atoms with Crippen LogP contribution >= 0.6 is 0 Å². The topological polar surface area (TPSA) is 84.9 Å². The van der Waals surface area contributed by atoms with Crippen LogP contribution in [-0.4, -0.2) is 36.7 Å². The van der Waals surface area contributed by atoms with Crippen molar-refractivity contribution < 1.29 is 24.2 Å². The monoisotopic (exact) mass is 295 g/mol. The number of hydrogen-bond donors (Lipinski definition) is 2. The molecule has 21 heavy (non-hydrogen) atoms. The van der Waals surface area contributed by atoms with Crippen molar-refractivity contribution in [2.24, 2.45) is 5.92 Å². The summed E-state index contributed by atoms with van der Waals surface area (Å²) in [5, 5.41) is 11.4. The van der Waals surface area contributed by atoms with Crippen LogP contribution in [0, 0.1) is 12.8 Å². The maximum Gasteiger partial charge on any atom is 0.326 e. The van der Waals surface area contributed by atoms with Crippen LogP contribution in [0.2, 0.25) is 0 Å². The van der Waals surface area contributed by atoms with Crippen molar-refractivity contribution in [2.75, 3.05) is 13.7 Å². The summed E-state index contributed by atoms with van der Waals surface area (Å²) in [5.74, 6) is -0.463. The summed E-state index contributed by atoms with van der Waals surface area (Å²) in [6.45, 7) is 5.09. The first kappa shape index (κ1) is 16.8. The van der Waals surface area contributed by atoms with Crippen LogP contribution in [0.25, 0.3) is 0 Å². The highest BCUT2D eigenvalue weighted by Gasteiger charge is 2.23. The van der Waals surface area contributed by atoms with Gasteiger partial charge >= 0.3 is 5.97 Å². The summed E-state index contributed by atoms with van der Waals surface area (Å²) < 4.78 is 10.5. The van der Waals surface area contributed by atoms with Crippen LogP contribution < -0.4 is 14.8 Å². The molecule has 1 atom stereocenters. The number of rotatable bonds is 7. The van der Waals surface area contributed by atoms with E-state index in [4.69, 9.17) is 14.6 Å². The molecule has 116 valence electrons. The molecule has 0 aliphatic heterocycles. The zero-order chi connectivity index (χ0) is 16.0. The minimum Gasteiger partial charge on any atom is -0.496 e. The Balaban J connectivity index is 2.56. The fraction of sp³-hybridized carbons (Fsp3) is 0.467. The Kier molecular flexibility index (Phi) is 6.02. The number of aryl methyl sites for hydroxylation is 1. The smallest absolute Gasteiger partial charge is 0.326 e. The fourth-order valence-corrected chi connectivity index (χ4v) is 1.82. The number of hydrogen-bond acceptors (Lipinski definition) is 4. The third kappa shape index (κ3) is 4.98. The van der Waals surface area contributed by atoms with Crippen molar-refractivity contribution in [3.05, 3.63) is 23.8 Å². The summed E-state index contributed by atoms with van der Waals surface area (Å²) in [6, 6.07) is 4.27. The number of aliphatic carboxylic acids is 1. The number of carbonyl (C=O) groups is 2. The van der Waals surface area contributed by atoms with Crippen molar-refractivity contribution in [3.63, 3.8) is 0 Å². The second kappa shape index (κ2) is 7.52. The normalized spacial score (nSPS) is 11.9. The number of methoxy groups -OCH3 is 1. The highest BCUT2D eigenvalue weighted by Crippen LogP contribution is 2.22. The summed E-state index contributed by atoms with van der Waals surface area (Å²) in [4.78, 5) is 22.7. The lowest BCUT2D eigenvalue weighted by molar-refractivity contribution is -0.143. The molecule has 1 amide bonds. The van der Waals surface area contributed by atoms with Gasteiger partial charge in [0.15, 0.2) is 6.61 Å². The van der Waals surface area contributed by atoms with Crippen molar-refractivity contribution in [1.82, 2.24) is 5.32 Å². The predicted molar refractivity (Wildman–Crippen MR) is 77.6 cm³/mol. The zero-order valence-corrected chi connectivity index (χ0v) is 12.7. The van der Waals surface area contributed by atoms with E-state index in [0.29, 0.717) is 5.75 Å². The molecule has 0 aliphatic rings. The number of benzene rings is 1. The van der Waals surface area contributed by atoms with Gasteiger partial charge in [0.2, 0.25) is 0 Å². The molecule has 6 heteroatoms. The molecule has 1 unspecified atom stereocenters. The lowest BCUT2D eigenvalue weighted by Gasteiger charge is -2.18. The van der Waals surface area contributed by atoms with Crippen LogP contribution in [0.15, 0.2) is 18.2 Å². The van der Waals surface area contributed by atoms with E-state index in [2.05, 4.69) is 5.32 Å². The quantitative estimate of drug-likeness (QED) is 0.798. The maximum atomic E-state index is 11.7. The molecule has 0 bridgehead atoms.